The summed E-state index contributed by atoms with van der Waals surface area (Å²) in [4.78, 5) is 24.2. The van der Waals surface area contributed by atoms with Crippen LogP contribution in [0.1, 0.15) is 81.1 Å². The Labute approximate surface area is 190 Å². The number of benzene rings is 2. The highest BCUT2D eigenvalue weighted by atomic mass is 35.5. The Kier molecular flexibility index (Phi) is 10.8. The number of hydrogen-bond acceptors (Lipinski definition) is 3. The molecular weight excluding hydrogens is 410 g/mol. The van der Waals surface area contributed by atoms with Gasteiger partial charge in [0, 0.05) is 22.7 Å². The first-order valence-electron chi connectivity index (χ1n) is 11.0. The molecule has 6 heteroatoms. The molecule has 2 N–H and O–H groups in total. The van der Waals surface area contributed by atoms with Gasteiger partial charge >= 0.3 is 0 Å². The van der Waals surface area contributed by atoms with E-state index in [1.807, 2.05) is 31.2 Å². The molecule has 0 saturated carbocycles. The third-order valence-electron chi connectivity index (χ3n) is 5.02. The van der Waals surface area contributed by atoms with Crippen LogP contribution >= 0.6 is 11.6 Å². The van der Waals surface area contributed by atoms with Gasteiger partial charge in [0.15, 0.2) is 0 Å². The highest BCUT2D eigenvalue weighted by Crippen LogP contribution is 2.14. The molecule has 2 aromatic rings. The van der Waals surface area contributed by atoms with E-state index in [4.69, 9.17) is 11.6 Å². The number of carbonyl (C=O) groups excluding carboxylic acids is 2. The molecule has 2 aromatic carbocycles. The maximum atomic E-state index is 12.3. The van der Waals surface area contributed by atoms with Crippen molar-refractivity contribution in [2.75, 3.05) is 5.32 Å². The van der Waals surface area contributed by atoms with E-state index in [0.29, 0.717) is 28.4 Å². The minimum absolute atomic E-state index is 0.0558. The second-order valence-corrected chi connectivity index (χ2v) is 8.08. The van der Waals surface area contributed by atoms with E-state index in [1.165, 1.54) is 32.1 Å². The summed E-state index contributed by atoms with van der Waals surface area (Å²) in [5, 5.41) is 7.63. The zero-order valence-corrected chi connectivity index (χ0v) is 19.2. The molecule has 0 heterocycles. The maximum absolute atomic E-state index is 12.3. The number of nitrogens with one attached hydrogen (secondary N) is 2. The molecule has 0 fully saturated rings. The summed E-state index contributed by atoms with van der Waals surface area (Å²) in [6.07, 6.45) is 8.76. The van der Waals surface area contributed by atoms with Gasteiger partial charge in [0.05, 0.1) is 5.71 Å². The van der Waals surface area contributed by atoms with Gasteiger partial charge < -0.3 is 5.32 Å². The van der Waals surface area contributed by atoms with Gasteiger partial charge in [-0.25, -0.2) is 5.43 Å². The molecule has 0 atom stereocenters. The number of hydrazone groups is 1. The Morgan fingerprint density at radius 2 is 1.42 bits per heavy atom. The van der Waals surface area contributed by atoms with Crippen LogP contribution in [0.5, 0.6) is 0 Å². The van der Waals surface area contributed by atoms with E-state index >= 15 is 0 Å². The van der Waals surface area contributed by atoms with Gasteiger partial charge in [-0.2, -0.15) is 5.10 Å². The Hall–Kier alpha value is -2.66. The standard InChI is InChI=1S/C25H32ClN3O2/c1-3-4-5-6-7-8-9-10-24(30)29-28-19(2)20-13-17-23(18-14-20)27-25(31)21-11-15-22(26)16-12-21/h11-18H,3-10H2,1-2H3,(H,27,31)(H,29,30)/b28-19-. The highest BCUT2D eigenvalue weighted by Gasteiger charge is 2.07. The molecule has 2 rings (SSSR count). The third kappa shape index (κ3) is 9.35. The fourth-order valence-corrected chi connectivity index (χ4v) is 3.23. The minimum Gasteiger partial charge on any atom is -0.322 e. The molecule has 0 spiro atoms. The fourth-order valence-electron chi connectivity index (χ4n) is 3.11. The lowest BCUT2D eigenvalue weighted by Gasteiger charge is -2.07. The van der Waals surface area contributed by atoms with E-state index < -0.39 is 0 Å². The molecule has 0 bridgehead atoms. The lowest BCUT2D eigenvalue weighted by Crippen LogP contribution is -2.18. The van der Waals surface area contributed by atoms with Crippen molar-refractivity contribution in [3.8, 4) is 0 Å². The van der Waals surface area contributed by atoms with Crippen molar-refractivity contribution in [2.45, 2.75) is 65.2 Å². The van der Waals surface area contributed by atoms with Gasteiger partial charge in [0.2, 0.25) is 5.91 Å². The Balaban J connectivity index is 1.75. The number of rotatable bonds is 12. The molecule has 31 heavy (non-hydrogen) atoms. The number of halogens is 1. The van der Waals surface area contributed by atoms with E-state index in [9.17, 15) is 9.59 Å². The van der Waals surface area contributed by atoms with Crippen molar-refractivity contribution >= 4 is 34.8 Å². The number of hydrogen-bond donors (Lipinski definition) is 2. The fraction of sp³-hybridized carbons (Fsp3) is 0.400. The quantitative estimate of drug-likeness (QED) is 0.222. The number of carbonyl (C=O) groups is 2. The number of unbranched alkanes of at least 4 members (excludes halogenated alkanes) is 6. The monoisotopic (exact) mass is 441 g/mol. The molecule has 0 radical (unpaired) electrons. The van der Waals surface area contributed by atoms with Crippen molar-refractivity contribution in [2.24, 2.45) is 5.10 Å². The van der Waals surface area contributed by atoms with E-state index in [-0.39, 0.29) is 11.8 Å². The number of amides is 2. The zero-order chi connectivity index (χ0) is 22.5. The molecule has 2 amide bonds. The molecular formula is C25H32ClN3O2. The Bertz CT molecular complexity index is 861. The van der Waals surface area contributed by atoms with Crippen LogP contribution in [0.2, 0.25) is 5.02 Å². The summed E-state index contributed by atoms with van der Waals surface area (Å²) in [6, 6.07) is 14.1. The van der Waals surface area contributed by atoms with Gasteiger partial charge in [0.1, 0.15) is 0 Å². The first-order chi connectivity index (χ1) is 15.0. The van der Waals surface area contributed by atoms with Crippen LogP contribution in [0, 0.1) is 0 Å². The SMILES string of the molecule is CCCCCCCCCC(=O)N/N=C(/C)c1ccc(NC(=O)c2ccc(Cl)cc2)cc1. The van der Waals surface area contributed by atoms with Crippen LogP contribution in [0.25, 0.3) is 0 Å². The second-order valence-electron chi connectivity index (χ2n) is 7.64. The van der Waals surface area contributed by atoms with Gasteiger partial charge in [-0.15, -0.1) is 0 Å². The average Bonchev–Trinajstić information content (AvgIpc) is 2.77. The second kappa shape index (κ2) is 13.6. The predicted molar refractivity (Wildman–Crippen MR) is 129 cm³/mol. The molecule has 0 aliphatic heterocycles. The average molecular weight is 442 g/mol. The summed E-state index contributed by atoms with van der Waals surface area (Å²) >= 11 is 5.85. The van der Waals surface area contributed by atoms with E-state index in [0.717, 1.165) is 18.4 Å². The summed E-state index contributed by atoms with van der Waals surface area (Å²) in [6.45, 7) is 4.05. The Morgan fingerprint density at radius 1 is 0.839 bits per heavy atom. The van der Waals surface area contributed by atoms with Crippen LogP contribution in [-0.4, -0.2) is 17.5 Å². The van der Waals surface area contributed by atoms with Crippen LogP contribution < -0.4 is 10.7 Å². The predicted octanol–water partition coefficient (Wildman–Crippen LogP) is 6.57. The van der Waals surface area contributed by atoms with Crippen LogP contribution in [0.3, 0.4) is 0 Å². The Morgan fingerprint density at radius 3 is 2.06 bits per heavy atom. The molecule has 0 aromatic heterocycles. The van der Waals surface area contributed by atoms with Gasteiger partial charge in [-0.1, -0.05) is 69.2 Å². The molecule has 0 aliphatic rings. The van der Waals surface area contributed by atoms with Crippen molar-refractivity contribution in [3.63, 3.8) is 0 Å². The van der Waals surface area contributed by atoms with Crippen LogP contribution in [-0.2, 0) is 4.79 Å². The number of nitrogens with zero attached hydrogens (tertiary/aromatic N) is 1. The number of anilines is 1. The lowest BCUT2D eigenvalue weighted by molar-refractivity contribution is -0.121. The van der Waals surface area contributed by atoms with Gasteiger partial charge in [-0.05, 0) is 55.3 Å². The molecule has 166 valence electrons. The molecule has 5 nitrogen and oxygen atoms in total. The highest BCUT2D eigenvalue weighted by molar-refractivity contribution is 6.30. The molecule has 0 aliphatic carbocycles. The summed E-state index contributed by atoms with van der Waals surface area (Å²) in [7, 11) is 0. The van der Waals surface area contributed by atoms with E-state index in [1.54, 1.807) is 24.3 Å². The third-order valence-corrected chi connectivity index (χ3v) is 5.27. The summed E-state index contributed by atoms with van der Waals surface area (Å²) in [5.74, 6) is -0.257. The van der Waals surface area contributed by atoms with Gasteiger partial charge in [0.25, 0.3) is 5.91 Å². The first-order valence-corrected chi connectivity index (χ1v) is 11.4. The minimum atomic E-state index is -0.201. The van der Waals surface area contributed by atoms with Crippen molar-refractivity contribution in [1.29, 1.82) is 0 Å². The van der Waals surface area contributed by atoms with Crippen molar-refractivity contribution < 1.29 is 9.59 Å². The summed E-state index contributed by atoms with van der Waals surface area (Å²) in [5.41, 5.74) is 5.44. The first kappa shape index (κ1) is 24.6. The van der Waals surface area contributed by atoms with Crippen LogP contribution in [0.4, 0.5) is 5.69 Å². The largest absolute Gasteiger partial charge is 0.322 e. The van der Waals surface area contributed by atoms with Crippen LogP contribution in [0.15, 0.2) is 53.6 Å². The topological polar surface area (TPSA) is 70.6 Å². The molecule has 0 saturated heterocycles. The normalized spacial score (nSPS) is 11.3. The maximum Gasteiger partial charge on any atom is 0.255 e. The molecule has 0 unspecified atom stereocenters. The zero-order valence-electron chi connectivity index (χ0n) is 18.4. The summed E-state index contributed by atoms with van der Waals surface area (Å²) < 4.78 is 0. The van der Waals surface area contributed by atoms with Crippen molar-refractivity contribution in [1.82, 2.24) is 5.43 Å². The lowest BCUT2D eigenvalue weighted by atomic mass is 10.1. The smallest absolute Gasteiger partial charge is 0.255 e. The van der Waals surface area contributed by atoms with E-state index in [2.05, 4.69) is 22.8 Å². The van der Waals surface area contributed by atoms with Crippen molar-refractivity contribution in [3.05, 3.63) is 64.7 Å². The van der Waals surface area contributed by atoms with Gasteiger partial charge in [-0.3, -0.25) is 9.59 Å².